The minimum Gasteiger partial charge on any atom is -0.378 e. The van der Waals surface area contributed by atoms with Gasteiger partial charge < -0.3 is 5.32 Å². The first-order valence-corrected chi connectivity index (χ1v) is 6.57. The number of hydrogen-bond donors (Lipinski definition) is 1. The Labute approximate surface area is 114 Å². The monoisotopic (exact) mass is 293 g/mol. The summed E-state index contributed by atoms with van der Waals surface area (Å²) in [6.45, 7) is 1.51. The Hall–Kier alpha value is -1.33. The maximum Gasteiger partial charge on any atom is 0.391 e. The predicted molar refractivity (Wildman–Crippen MR) is 66.5 cm³/mol. The molecule has 0 heterocycles. The van der Waals surface area contributed by atoms with E-state index in [1.54, 1.807) is 0 Å². The third kappa shape index (κ3) is 3.22. The number of nitrogens with one attached hydrogen (secondary N) is 1. The van der Waals surface area contributed by atoms with Gasteiger partial charge in [0, 0.05) is 6.04 Å². The fourth-order valence-electron chi connectivity index (χ4n) is 2.56. The minimum absolute atomic E-state index is 0.00375. The van der Waals surface area contributed by atoms with Crippen molar-refractivity contribution in [2.75, 3.05) is 5.32 Å². The van der Waals surface area contributed by atoms with Gasteiger partial charge in [0.15, 0.2) is 5.82 Å². The SMILES string of the molecule is Cc1ccc(F)c(NC2CCC(C(F)(F)F)CC2)c1F. The Morgan fingerprint density at radius 2 is 1.65 bits per heavy atom. The summed E-state index contributed by atoms with van der Waals surface area (Å²) in [6.07, 6.45) is -3.66. The van der Waals surface area contributed by atoms with Gasteiger partial charge in [-0.15, -0.1) is 0 Å². The third-order valence-corrected chi connectivity index (χ3v) is 3.82. The first kappa shape index (κ1) is 15.1. The van der Waals surface area contributed by atoms with Crippen LogP contribution in [0.5, 0.6) is 0 Å². The molecule has 0 aliphatic heterocycles. The van der Waals surface area contributed by atoms with Crippen molar-refractivity contribution in [3.05, 3.63) is 29.3 Å². The maximum atomic E-state index is 13.8. The van der Waals surface area contributed by atoms with Crippen molar-refractivity contribution >= 4 is 5.69 Å². The van der Waals surface area contributed by atoms with E-state index in [2.05, 4.69) is 5.32 Å². The summed E-state index contributed by atoms with van der Waals surface area (Å²) in [6, 6.07) is 2.16. The Morgan fingerprint density at radius 3 is 2.20 bits per heavy atom. The summed E-state index contributed by atoms with van der Waals surface area (Å²) in [5.74, 6) is -2.69. The van der Waals surface area contributed by atoms with Crippen LogP contribution in [0.2, 0.25) is 0 Å². The Morgan fingerprint density at radius 1 is 1.05 bits per heavy atom. The van der Waals surface area contributed by atoms with Crippen LogP contribution < -0.4 is 5.32 Å². The maximum absolute atomic E-state index is 13.8. The van der Waals surface area contributed by atoms with Gasteiger partial charge in [0.2, 0.25) is 0 Å². The molecule has 0 radical (unpaired) electrons. The number of benzene rings is 1. The zero-order valence-electron chi connectivity index (χ0n) is 11.0. The molecule has 1 aliphatic carbocycles. The van der Waals surface area contributed by atoms with Crippen LogP contribution in [0.3, 0.4) is 0 Å². The lowest BCUT2D eigenvalue weighted by Crippen LogP contribution is -2.33. The average Bonchev–Trinajstić information content (AvgIpc) is 2.39. The van der Waals surface area contributed by atoms with Gasteiger partial charge in [0.25, 0.3) is 0 Å². The van der Waals surface area contributed by atoms with Crippen LogP contribution in [0.4, 0.5) is 27.6 Å². The molecule has 0 bridgehead atoms. The van der Waals surface area contributed by atoms with E-state index >= 15 is 0 Å². The summed E-state index contributed by atoms with van der Waals surface area (Å²) < 4.78 is 65.0. The van der Waals surface area contributed by atoms with Gasteiger partial charge in [-0.25, -0.2) is 8.78 Å². The van der Waals surface area contributed by atoms with Crippen LogP contribution in [0, 0.1) is 24.5 Å². The van der Waals surface area contributed by atoms with Gasteiger partial charge in [-0.05, 0) is 44.2 Å². The third-order valence-electron chi connectivity index (χ3n) is 3.82. The van der Waals surface area contributed by atoms with Gasteiger partial charge >= 0.3 is 6.18 Å². The molecule has 0 unspecified atom stereocenters. The zero-order chi connectivity index (χ0) is 14.9. The zero-order valence-corrected chi connectivity index (χ0v) is 11.0. The summed E-state index contributed by atoms with van der Waals surface area (Å²) in [5, 5.41) is 2.71. The van der Waals surface area contributed by atoms with Gasteiger partial charge in [0.05, 0.1) is 5.92 Å². The molecule has 1 N–H and O–H groups in total. The highest BCUT2D eigenvalue weighted by molar-refractivity contribution is 5.49. The van der Waals surface area contributed by atoms with E-state index in [0.717, 1.165) is 6.07 Å². The molecule has 0 amide bonds. The van der Waals surface area contributed by atoms with Gasteiger partial charge in [-0.1, -0.05) is 6.07 Å². The number of halogens is 5. The number of rotatable bonds is 2. The van der Waals surface area contributed by atoms with Crippen LogP contribution in [0.1, 0.15) is 31.2 Å². The molecule has 0 atom stereocenters. The minimum atomic E-state index is -4.18. The molecule has 0 aromatic heterocycles. The fraction of sp³-hybridized carbons (Fsp3) is 0.571. The quantitative estimate of drug-likeness (QED) is 0.772. The van der Waals surface area contributed by atoms with E-state index in [1.807, 2.05) is 0 Å². The van der Waals surface area contributed by atoms with Crippen LogP contribution in [0.25, 0.3) is 0 Å². The molecule has 6 heteroatoms. The van der Waals surface area contributed by atoms with Crippen molar-refractivity contribution < 1.29 is 22.0 Å². The van der Waals surface area contributed by atoms with Crippen molar-refractivity contribution in [3.8, 4) is 0 Å². The Balaban J connectivity index is 2.02. The van der Waals surface area contributed by atoms with Crippen LogP contribution >= 0.6 is 0 Å². The van der Waals surface area contributed by atoms with E-state index in [9.17, 15) is 22.0 Å². The second kappa shape index (κ2) is 5.58. The highest BCUT2D eigenvalue weighted by Gasteiger charge is 2.41. The van der Waals surface area contributed by atoms with E-state index in [1.165, 1.54) is 13.0 Å². The Kier molecular flexibility index (Phi) is 4.20. The highest BCUT2D eigenvalue weighted by Crippen LogP contribution is 2.38. The largest absolute Gasteiger partial charge is 0.391 e. The summed E-state index contributed by atoms with van der Waals surface area (Å²) in [4.78, 5) is 0. The molecule has 2 rings (SSSR count). The first-order valence-electron chi connectivity index (χ1n) is 6.57. The number of aryl methyl sites for hydroxylation is 1. The molecule has 1 saturated carbocycles. The topological polar surface area (TPSA) is 12.0 Å². The summed E-state index contributed by atoms with van der Waals surface area (Å²) in [5.41, 5.74) is 0.0679. The lowest BCUT2D eigenvalue weighted by molar-refractivity contribution is -0.182. The molecular weight excluding hydrogens is 277 g/mol. The number of hydrogen-bond acceptors (Lipinski definition) is 1. The van der Waals surface area contributed by atoms with Crippen molar-refractivity contribution in [2.45, 2.75) is 44.8 Å². The smallest absolute Gasteiger partial charge is 0.378 e. The molecule has 0 spiro atoms. The molecule has 0 saturated heterocycles. The van der Waals surface area contributed by atoms with Gasteiger partial charge in [0.1, 0.15) is 11.5 Å². The molecular formula is C14H16F5N. The standard InChI is InChI=1S/C14H16F5N/c1-8-2-7-11(15)13(12(8)16)20-10-5-3-9(4-6-10)14(17,18)19/h2,7,9-10,20H,3-6H2,1H3. The van der Waals surface area contributed by atoms with Crippen molar-refractivity contribution in [1.29, 1.82) is 0 Å². The van der Waals surface area contributed by atoms with E-state index in [0.29, 0.717) is 5.56 Å². The molecule has 20 heavy (non-hydrogen) atoms. The predicted octanol–water partition coefficient (Wildman–Crippen LogP) is 4.81. The summed E-state index contributed by atoms with van der Waals surface area (Å²) in [7, 11) is 0. The first-order chi connectivity index (χ1) is 9.29. The second-order valence-electron chi connectivity index (χ2n) is 5.29. The molecule has 1 aromatic rings. The number of alkyl halides is 3. The summed E-state index contributed by atoms with van der Waals surface area (Å²) >= 11 is 0. The van der Waals surface area contributed by atoms with Gasteiger partial charge in [-0.2, -0.15) is 13.2 Å². The van der Waals surface area contributed by atoms with Crippen LogP contribution in [-0.4, -0.2) is 12.2 Å². The molecule has 1 fully saturated rings. The van der Waals surface area contributed by atoms with Gasteiger partial charge in [-0.3, -0.25) is 0 Å². The van der Waals surface area contributed by atoms with E-state index in [4.69, 9.17) is 0 Å². The van der Waals surface area contributed by atoms with Crippen molar-refractivity contribution in [3.63, 3.8) is 0 Å². The van der Waals surface area contributed by atoms with E-state index in [-0.39, 0.29) is 37.4 Å². The molecule has 1 aromatic carbocycles. The Bertz CT molecular complexity index is 475. The fourth-order valence-corrected chi connectivity index (χ4v) is 2.56. The normalized spacial score (nSPS) is 23.7. The molecule has 112 valence electrons. The second-order valence-corrected chi connectivity index (χ2v) is 5.29. The van der Waals surface area contributed by atoms with E-state index < -0.39 is 23.7 Å². The number of anilines is 1. The molecule has 1 aliphatic rings. The van der Waals surface area contributed by atoms with Crippen LogP contribution in [0.15, 0.2) is 12.1 Å². The van der Waals surface area contributed by atoms with Crippen molar-refractivity contribution in [2.24, 2.45) is 5.92 Å². The lowest BCUT2D eigenvalue weighted by atomic mass is 9.85. The van der Waals surface area contributed by atoms with Crippen molar-refractivity contribution in [1.82, 2.24) is 0 Å². The molecule has 1 nitrogen and oxygen atoms in total. The average molecular weight is 293 g/mol. The van der Waals surface area contributed by atoms with Crippen LogP contribution in [-0.2, 0) is 0 Å². The lowest BCUT2D eigenvalue weighted by Gasteiger charge is -2.31. The highest BCUT2D eigenvalue weighted by atomic mass is 19.4.